The summed E-state index contributed by atoms with van der Waals surface area (Å²) in [6.45, 7) is -2.66. The van der Waals surface area contributed by atoms with Gasteiger partial charge in [-0.3, -0.25) is 4.79 Å². The predicted molar refractivity (Wildman–Crippen MR) is 103 cm³/mol. The zero-order valence-corrected chi connectivity index (χ0v) is 16.2. The number of rotatable bonds is 4. The van der Waals surface area contributed by atoms with Gasteiger partial charge < -0.3 is 20.1 Å². The molecule has 2 aromatic carbocycles. The molecule has 1 saturated heterocycles. The van der Waals surface area contributed by atoms with Gasteiger partial charge in [0.25, 0.3) is 5.91 Å². The fourth-order valence-corrected chi connectivity index (χ4v) is 4.24. The Morgan fingerprint density at radius 2 is 1.90 bits per heavy atom. The Morgan fingerprint density at radius 3 is 2.60 bits per heavy atom. The van der Waals surface area contributed by atoms with E-state index in [0.717, 1.165) is 16.7 Å². The predicted octanol–water partition coefficient (Wildman–Crippen LogP) is 3.02. The summed E-state index contributed by atoms with van der Waals surface area (Å²) >= 11 is 0. The Labute approximate surface area is 172 Å². The second-order valence-corrected chi connectivity index (χ2v) is 7.59. The SMILES string of the molecule is N[C@H]1C[C@H](C(=O)N2CCc3ccccc3[C@@H]2c2ccc(F)cc2)OC[C@H]1OC(F)F. The first-order valence-electron chi connectivity index (χ1n) is 9.88. The normalized spacial score (nSPS) is 26.5. The highest BCUT2D eigenvalue weighted by atomic mass is 19.3. The zero-order valence-electron chi connectivity index (χ0n) is 16.2. The van der Waals surface area contributed by atoms with Gasteiger partial charge in [0.15, 0.2) is 0 Å². The third-order valence-electron chi connectivity index (χ3n) is 5.73. The van der Waals surface area contributed by atoms with Gasteiger partial charge >= 0.3 is 6.61 Å². The number of carbonyl (C=O) groups is 1. The van der Waals surface area contributed by atoms with Crippen LogP contribution in [0.2, 0.25) is 0 Å². The van der Waals surface area contributed by atoms with Crippen LogP contribution in [-0.2, 0) is 20.7 Å². The maximum atomic E-state index is 13.5. The zero-order chi connectivity index (χ0) is 21.3. The highest BCUT2D eigenvalue weighted by Gasteiger charge is 2.40. The molecule has 2 aliphatic heterocycles. The molecule has 8 heteroatoms. The van der Waals surface area contributed by atoms with Crippen molar-refractivity contribution in [1.82, 2.24) is 4.90 Å². The van der Waals surface area contributed by atoms with Gasteiger partial charge in [0.2, 0.25) is 0 Å². The number of amides is 1. The first-order valence-corrected chi connectivity index (χ1v) is 9.88. The molecule has 0 saturated carbocycles. The van der Waals surface area contributed by atoms with E-state index in [1.54, 1.807) is 17.0 Å². The molecular weight excluding hydrogens is 397 g/mol. The lowest BCUT2D eigenvalue weighted by atomic mass is 9.87. The summed E-state index contributed by atoms with van der Waals surface area (Å²) in [6.07, 6.45) is -1.03. The van der Waals surface area contributed by atoms with Crippen molar-refractivity contribution in [3.05, 3.63) is 71.0 Å². The number of hydrogen-bond acceptors (Lipinski definition) is 4. The largest absolute Gasteiger partial charge is 0.366 e. The molecule has 4 rings (SSSR count). The summed E-state index contributed by atoms with van der Waals surface area (Å²) in [6, 6.07) is 12.8. The Hall–Kier alpha value is -2.42. The average molecular weight is 420 g/mol. The van der Waals surface area contributed by atoms with Gasteiger partial charge in [-0.05, 0) is 35.2 Å². The molecule has 1 amide bonds. The van der Waals surface area contributed by atoms with E-state index in [1.165, 1.54) is 12.1 Å². The lowest BCUT2D eigenvalue weighted by molar-refractivity contribution is -0.204. The molecule has 2 aliphatic rings. The Bertz CT molecular complexity index is 893. The van der Waals surface area contributed by atoms with Crippen LogP contribution in [-0.4, -0.2) is 48.8 Å². The minimum atomic E-state index is -2.95. The second-order valence-electron chi connectivity index (χ2n) is 7.59. The summed E-state index contributed by atoms with van der Waals surface area (Å²) < 4.78 is 48.6. The first kappa shape index (κ1) is 20.8. The van der Waals surface area contributed by atoms with Crippen LogP contribution in [0, 0.1) is 5.82 Å². The van der Waals surface area contributed by atoms with Crippen molar-refractivity contribution < 1.29 is 27.4 Å². The Morgan fingerprint density at radius 1 is 1.17 bits per heavy atom. The molecule has 1 fully saturated rings. The number of hydrogen-bond donors (Lipinski definition) is 1. The highest BCUT2D eigenvalue weighted by molar-refractivity contribution is 5.82. The maximum Gasteiger partial charge on any atom is 0.345 e. The van der Waals surface area contributed by atoms with E-state index in [-0.39, 0.29) is 24.8 Å². The van der Waals surface area contributed by atoms with Crippen LogP contribution in [0.3, 0.4) is 0 Å². The van der Waals surface area contributed by atoms with Gasteiger partial charge in [-0.1, -0.05) is 36.4 Å². The van der Waals surface area contributed by atoms with Gasteiger partial charge in [-0.25, -0.2) is 4.39 Å². The van der Waals surface area contributed by atoms with Crippen molar-refractivity contribution in [2.45, 2.75) is 43.7 Å². The van der Waals surface area contributed by atoms with E-state index in [1.807, 2.05) is 24.3 Å². The van der Waals surface area contributed by atoms with E-state index < -0.39 is 30.9 Å². The van der Waals surface area contributed by atoms with Crippen LogP contribution < -0.4 is 5.73 Å². The van der Waals surface area contributed by atoms with Gasteiger partial charge in [0, 0.05) is 19.0 Å². The molecule has 0 spiro atoms. The van der Waals surface area contributed by atoms with Crippen molar-refractivity contribution in [1.29, 1.82) is 0 Å². The van der Waals surface area contributed by atoms with Crippen molar-refractivity contribution in [2.75, 3.05) is 13.2 Å². The number of nitrogens with two attached hydrogens (primary N) is 1. The highest BCUT2D eigenvalue weighted by Crippen LogP contribution is 2.36. The molecule has 2 N–H and O–H groups in total. The topological polar surface area (TPSA) is 64.8 Å². The number of alkyl halides is 2. The minimum Gasteiger partial charge on any atom is -0.366 e. The number of ether oxygens (including phenoxy) is 2. The number of carbonyl (C=O) groups excluding carboxylic acids is 1. The summed E-state index contributed by atoms with van der Waals surface area (Å²) in [5.74, 6) is -0.614. The molecule has 2 aromatic rings. The number of halogens is 3. The third-order valence-corrected chi connectivity index (χ3v) is 5.73. The molecule has 4 atom stereocenters. The quantitative estimate of drug-likeness (QED) is 0.826. The second kappa shape index (κ2) is 8.75. The van der Waals surface area contributed by atoms with E-state index in [2.05, 4.69) is 4.74 Å². The van der Waals surface area contributed by atoms with Crippen LogP contribution in [0.4, 0.5) is 13.2 Å². The fraction of sp³-hybridized carbons (Fsp3) is 0.409. The molecule has 0 unspecified atom stereocenters. The summed E-state index contributed by atoms with van der Waals surface area (Å²) in [5, 5.41) is 0. The number of fused-ring (bicyclic) bond motifs is 1. The van der Waals surface area contributed by atoms with Crippen molar-refractivity contribution in [3.63, 3.8) is 0 Å². The van der Waals surface area contributed by atoms with Crippen molar-refractivity contribution >= 4 is 5.91 Å². The van der Waals surface area contributed by atoms with Crippen LogP contribution in [0.5, 0.6) is 0 Å². The summed E-state index contributed by atoms with van der Waals surface area (Å²) in [4.78, 5) is 15.1. The van der Waals surface area contributed by atoms with E-state index in [0.29, 0.717) is 13.0 Å². The first-order chi connectivity index (χ1) is 14.4. The van der Waals surface area contributed by atoms with Crippen LogP contribution in [0.25, 0.3) is 0 Å². The van der Waals surface area contributed by atoms with E-state index >= 15 is 0 Å². The number of nitrogens with zero attached hydrogens (tertiary/aromatic N) is 1. The fourth-order valence-electron chi connectivity index (χ4n) is 4.24. The third kappa shape index (κ3) is 4.21. The Balaban J connectivity index is 1.59. The monoisotopic (exact) mass is 420 g/mol. The van der Waals surface area contributed by atoms with E-state index in [4.69, 9.17) is 10.5 Å². The standard InChI is InChI=1S/C22H23F3N2O3/c23-15-7-5-14(6-8-15)20-16-4-2-1-3-13(16)9-10-27(20)21(28)18-11-17(26)19(12-29-18)30-22(24)25/h1-8,17-20,22H,9-12,26H2/t17-,18+,19+,20-/m0/s1. The molecule has 30 heavy (non-hydrogen) atoms. The molecule has 2 heterocycles. The minimum absolute atomic E-state index is 0.0878. The van der Waals surface area contributed by atoms with Crippen LogP contribution in [0.15, 0.2) is 48.5 Å². The molecule has 160 valence electrons. The van der Waals surface area contributed by atoms with Gasteiger partial charge in [0.1, 0.15) is 18.0 Å². The van der Waals surface area contributed by atoms with E-state index in [9.17, 15) is 18.0 Å². The van der Waals surface area contributed by atoms with Gasteiger partial charge in [-0.2, -0.15) is 8.78 Å². The molecular formula is C22H23F3N2O3. The number of benzene rings is 2. The molecule has 0 radical (unpaired) electrons. The Kier molecular flexibility index (Phi) is 6.08. The van der Waals surface area contributed by atoms with Gasteiger partial charge in [-0.15, -0.1) is 0 Å². The van der Waals surface area contributed by atoms with Crippen molar-refractivity contribution in [2.24, 2.45) is 5.73 Å². The van der Waals surface area contributed by atoms with Gasteiger partial charge in [0.05, 0.1) is 12.6 Å². The molecule has 0 aromatic heterocycles. The van der Waals surface area contributed by atoms with Crippen molar-refractivity contribution in [3.8, 4) is 0 Å². The van der Waals surface area contributed by atoms with Crippen LogP contribution in [0.1, 0.15) is 29.2 Å². The molecule has 0 aliphatic carbocycles. The summed E-state index contributed by atoms with van der Waals surface area (Å²) in [7, 11) is 0. The smallest absolute Gasteiger partial charge is 0.345 e. The summed E-state index contributed by atoms with van der Waals surface area (Å²) in [5.41, 5.74) is 8.86. The lowest BCUT2D eigenvalue weighted by Gasteiger charge is -2.41. The lowest BCUT2D eigenvalue weighted by Crippen LogP contribution is -2.54. The average Bonchev–Trinajstić information content (AvgIpc) is 2.74. The molecule has 0 bridgehead atoms. The molecule has 5 nitrogen and oxygen atoms in total. The maximum absolute atomic E-state index is 13.5. The van der Waals surface area contributed by atoms with Crippen LogP contribution >= 0.6 is 0 Å².